The molecule has 0 saturated carbocycles. The monoisotopic (exact) mass is 416 g/mol. The Labute approximate surface area is 177 Å². The Hall–Kier alpha value is -4.20. The molecule has 2 aromatic heterocycles. The van der Waals surface area contributed by atoms with Crippen LogP contribution in [0.2, 0.25) is 0 Å². The van der Waals surface area contributed by atoms with Gasteiger partial charge >= 0.3 is 0 Å². The first-order valence-electron chi connectivity index (χ1n) is 9.60. The van der Waals surface area contributed by atoms with Gasteiger partial charge in [0, 0.05) is 23.4 Å². The number of imidazole rings is 1. The summed E-state index contributed by atoms with van der Waals surface area (Å²) in [5.41, 5.74) is 5.94. The molecular formula is C23H20N4O4. The normalized spacial score (nSPS) is 11.1. The van der Waals surface area contributed by atoms with E-state index < -0.39 is 0 Å². The summed E-state index contributed by atoms with van der Waals surface area (Å²) >= 11 is 0. The van der Waals surface area contributed by atoms with Gasteiger partial charge in [0.25, 0.3) is 6.01 Å². The van der Waals surface area contributed by atoms with E-state index in [0.717, 1.165) is 27.7 Å². The van der Waals surface area contributed by atoms with E-state index in [4.69, 9.17) is 18.6 Å². The molecule has 2 heterocycles. The average molecular weight is 416 g/mol. The van der Waals surface area contributed by atoms with Crippen molar-refractivity contribution in [3.63, 3.8) is 0 Å². The third-order valence-electron chi connectivity index (χ3n) is 5.06. The molecule has 156 valence electrons. The van der Waals surface area contributed by atoms with E-state index in [1.807, 2.05) is 36.4 Å². The van der Waals surface area contributed by atoms with Gasteiger partial charge in [-0.15, -0.1) is 0 Å². The molecule has 0 spiro atoms. The predicted octanol–water partition coefficient (Wildman–Crippen LogP) is 5.14. The lowest BCUT2D eigenvalue weighted by atomic mass is 10.0. The Kier molecular flexibility index (Phi) is 4.59. The number of aromatic nitrogens is 3. The summed E-state index contributed by atoms with van der Waals surface area (Å²) in [6.07, 6.45) is 1.68. The average Bonchev–Trinajstić information content (AvgIpc) is 3.43. The summed E-state index contributed by atoms with van der Waals surface area (Å²) in [5, 5.41) is 3.19. The predicted molar refractivity (Wildman–Crippen MR) is 118 cm³/mol. The molecule has 0 amide bonds. The number of anilines is 2. The van der Waals surface area contributed by atoms with Gasteiger partial charge in [0.15, 0.2) is 17.1 Å². The van der Waals surface area contributed by atoms with Crippen molar-refractivity contribution in [1.29, 1.82) is 0 Å². The highest BCUT2D eigenvalue weighted by atomic mass is 16.5. The van der Waals surface area contributed by atoms with E-state index in [2.05, 4.69) is 20.3 Å². The van der Waals surface area contributed by atoms with Crippen molar-refractivity contribution >= 4 is 33.8 Å². The zero-order chi connectivity index (χ0) is 21.4. The van der Waals surface area contributed by atoms with Gasteiger partial charge in [-0.25, -0.2) is 4.98 Å². The summed E-state index contributed by atoms with van der Waals surface area (Å²) in [7, 11) is 4.71. The van der Waals surface area contributed by atoms with Crippen LogP contribution in [-0.2, 0) is 0 Å². The molecule has 0 fully saturated rings. The van der Waals surface area contributed by atoms with Crippen LogP contribution in [0.5, 0.6) is 17.2 Å². The van der Waals surface area contributed by atoms with Crippen molar-refractivity contribution < 1.29 is 18.6 Å². The quantitative estimate of drug-likeness (QED) is 0.396. The van der Waals surface area contributed by atoms with Gasteiger partial charge in [-0.05, 0) is 23.8 Å². The summed E-state index contributed by atoms with van der Waals surface area (Å²) < 4.78 is 22.3. The second-order valence-electron chi connectivity index (χ2n) is 6.85. The number of benzene rings is 3. The lowest BCUT2D eigenvalue weighted by molar-refractivity contribution is 0.324. The van der Waals surface area contributed by atoms with Crippen LogP contribution in [0.15, 0.2) is 59.3 Å². The lowest BCUT2D eigenvalue weighted by Crippen LogP contribution is -1.97. The fourth-order valence-corrected chi connectivity index (χ4v) is 3.61. The van der Waals surface area contributed by atoms with Crippen LogP contribution in [0, 0.1) is 0 Å². The number of methoxy groups -OCH3 is 3. The maximum absolute atomic E-state index is 6.09. The third kappa shape index (κ3) is 3.28. The van der Waals surface area contributed by atoms with E-state index in [9.17, 15) is 0 Å². The molecule has 31 heavy (non-hydrogen) atoms. The van der Waals surface area contributed by atoms with E-state index in [1.54, 1.807) is 39.8 Å². The van der Waals surface area contributed by atoms with Gasteiger partial charge in [0.2, 0.25) is 5.75 Å². The zero-order valence-electron chi connectivity index (χ0n) is 17.2. The first kappa shape index (κ1) is 18.8. The van der Waals surface area contributed by atoms with Crippen molar-refractivity contribution in [2.24, 2.45) is 0 Å². The standard InChI is InChI=1S/C23H20N4O4/c1-28-19-10-14(11-20(29-2)22(19)30-3)26-23-27-17-6-4-5-15(21(17)31-23)13-7-8-16-18(9-13)25-12-24-16/h4-12H,1-3H3,(H,24,25)(H,26,27). The highest BCUT2D eigenvalue weighted by molar-refractivity contribution is 5.93. The highest BCUT2D eigenvalue weighted by Gasteiger charge is 2.16. The van der Waals surface area contributed by atoms with E-state index in [0.29, 0.717) is 34.5 Å². The smallest absolute Gasteiger partial charge is 0.300 e. The number of hydrogen-bond acceptors (Lipinski definition) is 7. The van der Waals surface area contributed by atoms with Gasteiger partial charge in [-0.3, -0.25) is 0 Å². The number of ether oxygens (including phenoxy) is 3. The molecule has 0 unspecified atom stereocenters. The topological polar surface area (TPSA) is 94.4 Å². The third-order valence-corrected chi connectivity index (χ3v) is 5.06. The number of oxazole rings is 1. The molecular weight excluding hydrogens is 396 g/mol. The Morgan fingerprint density at radius 1 is 0.903 bits per heavy atom. The van der Waals surface area contributed by atoms with E-state index >= 15 is 0 Å². The fourth-order valence-electron chi connectivity index (χ4n) is 3.61. The summed E-state index contributed by atoms with van der Waals surface area (Å²) in [5.74, 6) is 1.59. The second-order valence-corrected chi connectivity index (χ2v) is 6.85. The Balaban J connectivity index is 1.54. The number of aromatic amines is 1. The lowest BCUT2D eigenvalue weighted by Gasteiger charge is -2.14. The van der Waals surface area contributed by atoms with Gasteiger partial charge < -0.3 is 28.9 Å². The van der Waals surface area contributed by atoms with Crippen LogP contribution in [0.1, 0.15) is 0 Å². The van der Waals surface area contributed by atoms with Gasteiger partial charge in [-0.1, -0.05) is 18.2 Å². The zero-order valence-corrected chi connectivity index (χ0v) is 17.2. The molecule has 0 radical (unpaired) electrons. The van der Waals surface area contributed by atoms with Crippen molar-refractivity contribution in [2.75, 3.05) is 26.6 Å². The minimum atomic E-state index is 0.359. The molecule has 3 aromatic carbocycles. The minimum Gasteiger partial charge on any atom is -0.493 e. The molecule has 5 aromatic rings. The summed E-state index contributed by atoms with van der Waals surface area (Å²) in [6, 6.07) is 15.9. The van der Waals surface area contributed by atoms with E-state index in [-0.39, 0.29) is 0 Å². The van der Waals surface area contributed by atoms with Crippen LogP contribution >= 0.6 is 0 Å². The van der Waals surface area contributed by atoms with Gasteiger partial charge in [0.1, 0.15) is 5.52 Å². The molecule has 0 aliphatic carbocycles. The number of para-hydroxylation sites is 1. The van der Waals surface area contributed by atoms with Crippen LogP contribution in [-0.4, -0.2) is 36.3 Å². The van der Waals surface area contributed by atoms with Gasteiger partial charge in [0.05, 0.1) is 38.7 Å². The maximum Gasteiger partial charge on any atom is 0.300 e. The van der Waals surface area contributed by atoms with Crippen molar-refractivity contribution in [2.45, 2.75) is 0 Å². The largest absolute Gasteiger partial charge is 0.493 e. The van der Waals surface area contributed by atoms with Crippen molar-refractivity contribution in [1.82, 2.24) is 15.0 Å². The molecule has 2 N–H and O–H groups in total. The Morgan fingerprint density at radius 3 is 2.45 bits per heavy atom. The molecule has 0 bridgehead atoms. The van der Waals surface area contributed by atoms with E-state index in [1.165, 1.54) is 0 Å². The Bertz CT molecular complexity index is 1360. The molecule has 0 aliphatic rings. The van der Waals surface area contributed by atoms with Crippen LogP contribution in [0.4, 0.5) is 11.7 Å². The SMILES string of the molecule is COc1cc(Nc2nc3cccc(-c4ccc5[nH]cnc5c4)c3o2)cc(OC)c1OC. The Morgan fingerprint density at radius 2 is 1.71 bits per heavy atom. The molecule has 0 saturated heterocycles. The molecule has 5 rings (SSSR count). The number of rotatable bonds is 6. The highest BCUT2D eigenvalue weighted by Crippen LogP contribution is 2.41. The van der Waals surface area contributed by atoms with Crippen LogP contribution < -0.4 is 19.5 Å². The van der Waals surface area contributed by atoms with Crippen LogP contribution in [0.3, 0.4) is 0 Å². The first-order valence-corrected chi connectivity index (χ1v) is 9.60. The molecule has 0 aliphatic heterocycles. The molecule has 8 heteroatoms. The summed E-state index contributed by atoms with van der Waals surface area (Å²) in [4.78, 5) is 12.0. The van der Waals surface area contributed by atoms with Gasteiger partial charge in [-0.2, -0.15) is 4.98 Å². The summed E-state index contributed by atoms with van der Waals surface area (Å²) in [6.45, 7) is 0. The number of fused-ring (bicyclic) bond motifs is 2. The number of hydrogen-bond donors (Lipinski definition) is 2. The molecule has 8 nitrogen and oxygen atoms in total. The number of nitrogens with one attached hydrogen (secondary N) is 2. The number of H-pyrrole nitrogens is 1. The fraction of sp³-hybridized carbons (Fsp3) is 0.130. The van der Waals surface area contributed by atoms with Crippen molar-refractivity contribution in [3.05, 3.63) is 54.9 Å². The second kappa shape index (κ2) is 7.56. The number of nitrogens with zero attached hydrogens (tertiary/aromatic N) is 2. The van der Waals surface area contributed by atoms with Crippen LogP contribution in [0.25, 0.3) is 33.3 Å². The molecule has 0 atom stereocenters. The first-order chi connectivity index (χ1) is 15.2. The minimum absolute atomic E-state index is 0.359. The maximum atomic E-state index is 6.09. The van der Waals surface area contributed by atoms with Crippen molar-refractivity contribution in [3.8, 4) is 28.4 Å².